The van der Waals surface area contributed by atoms with E-state index in [1.807, 2.05) is 11.8 Å². The summed E-state index contributed by atoms with van der Waals surface area (Å²) in [6.07, 6.45) is -2.20. The first-order valence-corrected chi connectivity index (χ1v) is 8.23. The molecule has 8 heteroatoms. The van der Waals surface area contributed by atoms with Crippen molar-refractivity contribution in [3.8, 4) is 0 Å². The Balaban J connectivity index is 0.00000288. The number of halogens is 6. The van der Waals surface area contributed by atoms with Crippen LogP contribution in [0.4, 0.5) is 17.6 Å². The van der Waals surface area contributed by atoms with Crippen LogP contribution < -0.4 is 5.32 Å². The van der Waals surface area contributed by atoms with Crippen LogP contribution in [-0.2, 0) is 6.18 Å². The van der Waals surface area contributed by atoms with Crippen LogP contribution in [0.5, 0.6) is 0 Å². The molecule has 0 amide bonds. The van der Waals surface area contributed by atoms with E-state index >= 15 is 0 Å². The average Bonchev–Trinajstić information content (AvgIpc) is 2.51. The number of alkyl halides is 3. The van der Waals surface area contributed by atoms with Gasteiger partial charge < -0.3 is 5.32 Å². The van der Waals surface area contributed by atoms with E-state index in [9.17, 15) is 17.6 Å². The highest BCUT2D eigenvalue weighted by Gasteiger charge is 2.34. The van der Waals surface area contributed by atoms with Crippen molar-refractivity contribution in [3.63, 3.8) is 0 Å². The van der Waals surface area contributed by atoms with Crippen LogP contribution in [0.25, 0.3) is 0 Å². The molecule has 138 valence electrons. The average molecular weight is 389 g/mol. The third kappa shape index (κ3) is 5.22. The molecule has 1 aliphatic heterocycles. The second-order valence-corrected chi connectivity index (χ2v) is 6.21. The van der Waals surface area contributed by atoms with Gasteiger partial charge in [0.25, 0.3) is 0 Å². The Kier molecular flexibility index (Phi) is 8.26. The van der Waals surface area contributed by atoms with E-state index in [-0.39, 0.29) is 24.0 Å². The van der Waals surface area contributed by atoms with E-state index < -0.39 is 22.6 Å². The second kappa shape index (κ2) is 9.22. The predicted octanol–water partition coefficient (Wildman–Crippen LogP) is 5.06. The second-order valence-electron chi connectivity index (χ2n) is 5.80. The van der Waals surface area contributed by atoms with Crippen LogP contribution in [0.15, 0.2) is 12.1 Å². The molecule has 0 unspecified atom stereocenters. The van der Waals surface area contributed by atoms with Crippen molar-refractivity contribution < 1.29 is 17.6 Å². The van der Waals surface area contributed by atoms with Crippen molar-refractivity contribution in [2.75, 3.05) is 26.2 Å². The fourth-order valence-electron chi connectivity index (χ4n) is 2.94. The maximum atomic E-state index is 14.5. The van der Waals surface area contributed by atoms with Crippen molar-refractivity contribution in [1.29, 1.82) is 0 Å². The Hall–Kier alpha value is -0.560. The molecule has 0 spiro atoms. The lowest BCUT2D eigenvalue weighted by atomic mass is 9.96. The lowest BCUT2D eigenvalue weighted by Gasteiger charge is -2.35. The van der Waals surface area contributed by atoms with Crippen molar-refractivity contribution in [2.24, 2.45) is 0 Å². The minimum atomic E-state index is -4.54. The summed E-state index contributed by atoms with van der Waals surface area (Å²) >= 11 is 5.74. The van der Waals surface area contributed by atoms with Crippen molar-refractivity contribution in [3.05, 3.63) is 34.1 Å². The summed E-state index contributed by atoms with van der Waals surface area (Å²) in [5, 5.41) is 2.73. The number of hydrogen-bond acceptors (Lipinski definition) is 2. The molecule has 0 aromatic heterocycles. The molecule has 1 N–H and O–H groups in total. The summed E-state index contributed by atoms with van der Waals surface area (Å²) in [6.45, 7) is 4.86. The van der Waals surface area contributed by atoms with Gasteiger partial charge in [0.2, 0.25) is 0 Å². The quantitative estimate of drug-likeness (QED) is 0.709. The molecule has 1 atom stereocenters. The molecule has 1 heterocycles. The Labute approximate surface area is 151 Å². The van der Waals surface area contributed by atoms with Crippen LogP contribution in [0.2, 0.25) is 5.02 Å². The molecule has 1 aromatic rings. The van der Waals surface area contributed by atoms with E-state index in [0.717, 1.165) is 32.0 Å². The van der Waals surface area contributed by atoms with E-state index in [2.05, 4.69) is 5.32 Å². The lowest BCUT2D eigenvalue weighted by molar-refractivity contribution is -0.137. The van der Waals surface area contributed by atoms with Gasteiger partial charge in [-0.15, -0.1) is 12.4 Å². The molecule has 1 aromatic carbocycles. The van der Waals surface area contributed by atoms with Gasteiger partial charge in [0.1, 0.15) is 5.82 Å². The number of piperazine rings is 1. The largest absolute Gasteiger partial charge is 0.416 e. The van der Waals surface area contributed by atoms with Gasteiger partial charge in [-0.25, -0.2) is 4.39 Å². The molecule has 24 heavy (non-hydrogen) atoms. The van der Waals surface area contributed by atoms with Crippen LogP contribution in [0.3, 0.4) is 0 Å². The highest BCUT2D eigenvalue weighted by atomic mass is 35.5. The van der Waals surface area contributed by atoms with Crippen LogP contribution in [0, 0.1) is 5.82 Å². The summed E-state index contributed by atoms with van der Waals surface area (Å²) in [5.41, 5.74) is -0.837. The molecule has 1 fully saturated rings. The molecular formula is C16H22Cl2F4N2. The maximum absolute atomic E-state index is 14.5. The molecule has 1 aliphatic rings. The van der Waals surface area contributed by atoms with E-state index in [4.69, 9.17) is 11.6 Å². The molecule has 0 bridgehead atoms. The number of nitrogens with one attached hydrogen (secondary N) is 1. The number of benzene rings is 1. The normalized spacial score (nSPS) is 17.4. The van der Waals surface area contributed by atoms with Crippen LogP contribution in [-0.4, -0.2) is 31.1 Å². The first-order valence-electron chi connectivity index (χ1n) is 7.85. The van der Waals surface area contributed by atoms with Gasteiger partial charge in [0, 0.05) is 37.8 Å². The highest BCUT2D eigenvalue weighted by molar-refractivity contribution is 6.30. The third-order valence-electron chi connectivity index (χ3n) is 4.17. The van der Waals surface area contributed by atoms with Gasteiger partial charge in [-0.3, -0.25) is 4.90 Å². The molecule has 2 rings (SSSR count). The Bertz CT molecular complexity index is 532. The minimum Gasteiger partial charge on any atom is -0.314 e. The Morgan fingerprint density at radius 2 is 1.88 bits per heavy atom. The first-order chi connectivity index (χ1) is 10.8. The maximum Gasteiger partial charge on any atom is 0.416 e. The zero-order valence-electron chi connectivity index (χ0n) is 13.4. The number of nitrogens with zero attached hydrogens (tertiary/aromatic N) is 1. The fraction of sp³-hybridized carbons (Fsp3) is 0.625. The lowest BCUT2D eigenvalue weighted by Crippen LogP contribution is -2.45. The van der Waals surface area contributed by atoms with Gasteiger partial charge in [0.05, 0.1) is 10.6 Å². The van der Waals surface area contributed by atoms with Crippen molar-refractivity contribution in [1.82, 2.24) is 10.2 Å². The monoisotopic (exact) mass is 388 g/mol. The fourth-order valence-corrected chi connectivity index (χ4v) is 3.17. The summed E-state index contributed by atoms with van der Waals surface area (Å²) in [6, 6.07) is 1.20. The molecule has 0 radical (unpaired) electrons. The van der Waals surface area contributed by atoms with Gasteiger partial charge in [-0.05, 0) is 18.6 Å². The number of hydrogen-bond donors (Lipinski definition) is 1. The summed E-state index contributed by atoms with van der Waals surface area (Å²) in [4.78, 5) is 2.04. The third-order valence-corrected chi connectivity index (χ3v) is 4.44. The van der Waals surface area contributed by atoms with Crippen LogP contribution >= 0.6 is 24.0 Å². The minimum absolute atomic E-state index is 0. The number of rotatable bonds is 5. The van der Waals surface area contributed by atoms with Gasteiger partial charge in [-0.1, -0.05) is 31.4 Å². The Morgan fingerprint density at radius 3 is 2.42 bits per heavy atom. The SMILES string of the molecule is CCCC[C@H](c1cc(C(F)(F)F)cc(Cl)c1F)N1CCNCC1.Cl. The van der Waals surface area contributed by atoms with Gasteiger partial charge >= 0.3 is 6.18 Å². The summed E-state index contributed by atoms with van der Waals surface area (Å²) in [5.74, 6) is -0.737. The zero-order chi connectivity index (χ0) is 17.0. The molecule has 1 saturated heterocycles. The topological polar surface area (TPSA) is 15.3 Å². The zero-order valence-corrected chi connectivity index (χ0v) is 15.0. The van der Waals surface area contributed by atoms with Gasteiger partial charge in [-0.2, -0.15) is 13.2 Å². The van der Waals surface area contributed by atoms with Crippen LogP contribution in [0.1, 0.15) is 43.4 Å². The van der Waals surface area contributed by atoms with E-state index in [0.29, 0.717) is 25.6 Å². The summed E-state index contributed by atoms with van der Waals surface area (Å²) in [7, 11) is 0. The standard InChI is InChI=1S/C16H21ClF4N2.ClH/c1-2-3-4-14(23-7-5-22-6-8-23)12-9-11(16(19,20)21)10-13(17)15(12)18;/h9-10,14,22H,2-8H2,1H3;1H/t14-;/m1./s1. The van der Waals surface area contributed by atoms with E-state index in [1.165, 1.54) is 0 Å². The molecular weight excluding hydrogens is 367 g/mol. The highest BCUT2D eigenvalue weighted by Crippen LogP contribution is 2.38. The van der Waals surface area contributed by atoms with Crippen molar-refractivity contribution in [2.45, 2.75) is 38.4 Å². The summed E-state index contributed by atoms with van der Waals surface area (Å²) < 4.78 is 53.6. The molecule has 2 nitrogen and oxygen atoms in total. The first kappa shape index (κ1) is 21.5. The van der Waals surface area contributed by atoms with Crippen molar-refractivity contribution >= 4 is 24.0 Å². The number of unbranched alkanes of at least 4 members (excludes halogenated alkanes) is 1. The molecule has 0 aliphatic carbocycles. The van der Waals surface area contributed by atoms with Gasteiger partial charge in [0.15, 0.2) is 0 Å². The Morgan fingerprint density at radius 1 is 1.25 bits per heavy atom. The molecule has 0 saturated carbocycles. The van der Waals surface area contributed by atoms with E-state index in [1.54, 1.807) is 0 Å². The predicted molar refractivity (Wildman–Crippen MR) is 90.4 cm³/mol. The smallest absolute Gasteiger partial charge is 0.314 e.